The molecule has 0 unspecified atom stereocenters. The Bertz CT molecular complexity index is 2050. The van der Waals surface area contributed by atoms with Crippen LogP contribution >= 0.6 is 11.6 Å². The second-order valence-electron chi connectivity index (χ2n) is 13.0. The van der Waals surface area contributed by atoms with E-state index < -0.39 is 11.5 Å². The van der Waals surface area contributed by atoms with Gasteiger partial charge < -0.3 is 23.7 Å². The lowest BCUT2D eigenvalue weighted by Crippen LogP contribution is -2.36. The summed E-state index contributed by atoms with van der Waals surface area (Å²) in [6.07, 6.45) is 5.74. The fourth-order valence-corrected chi connectivity index (χ4v) is 7.68. The zero-order valence-corrected chi connectivity index (χ0v) is 25.8. The summed E-state index contributed by atoms with van der Waals surface area (Å²) in [5.74, 6) is -0.120. The molecule has 1 spiro atoms. The summed E-state index contributed by atoms with van der Waals surface area (Å²) >= 11 is 6.06. The van der Waals surface area contributed by atoms with Gasteiger partial charge in [0, 0.05) is 61.9 Å². The molecule has 5 aromatic rings. The normalized spacial score (nSPS) is 24.5. The van der Waals surface area contributed by atoms with Crippen molar-refractivity contribution in [2.24, 2.45) is 5.41 Å². The molecule has 3 atom stereocenters. The van der Waals surface area contributed by atoms with Gasteiger partial charge in [-0.1, -0.05) is 22.8 Å². The Morgan fingerprint density at radius 3 is 2.70 bits per heavy atom. The van der Waals surface area contributed by atoms with E-state index in [9.17, 15) is 4.79 Å². The van der Waals surface area contributed by atoms with Crippen molar-refractivity contribution in [1.82, 2.24) is 19.7 Å². The van der Waals surface area contributed by atoms with Crippen LogP contribution in [0.4, 0.5) is 10.1 Å². The van der Waals surface area contributed by atoms with E-state index in [0.29, 0.717) is 39.9 Å². The first-order valence-electron chi connectivity index (χ1n) is 15.7. The van der Waals surface area contributed by atoms with Crippen LogP contribution in [0.2, 0.25) is 5.02 Å². The second-order valence-corrected chi connectivity index (χ2v) is 13.5. The topological polar surface area (TPSA) is 108 Å². The predicted molar refractivity (Wildman–Crippen MR) is 168 cm³/mol. The third-order valence-electron chi connectivity index (χ3n) is 10.3. The lowest BCUT2D eigenvalue weighted by Gasteiger charge is -2.35. The van der Waals surface area contributed by atoms with E-state index in [1.807, 2.05) is 37.3 Å². The summed E-state index contributed by atoms with van der Waals surface area (Å²) in [5, 5.41) is 4.91. The Morgan fingerprint density at radius 2 is 1.98 bits per heavy atom. The van der Waals surface area contributed by atoms with Crippen molar-refractivity contribution in [2.75, 3.05) is 24.6 Å². The van der Waals surface area contributed by atoms with Crippen molar-refractivity contribution in [3.8, 4) is 22.9 Å². The molecule has 6 heterocycles. The average molecular weight is 644 g/mol. The quantitative estimate of drug-likeness (QED) is 0.227. The zero-order valence-electron chi connectivity index (χ0n) is 25.1. The van der Waals surface area contributed by atoms with Gasteiger partial charge in [0.2, 0.25) is 0 Å². The van der Waals surface area contributed by atoms with Crippen LogP contribution < -0.4 is 20.1 Å². The standard InChI is InChI=1S/C34H31ClFN5O5/c1-33(29-6-5-20(35)17-37-29)44-28-4-2-3-25(30(28)45-33)40-10-8-34(9-11-40)16-23(34)27-15-22-24(36)13-19(31-38-32(42)46-39-31)14-26(22)41(27)18-21-7-12-43-21/h2-6,13-15,17,21,23H,7-12,16,18H2,1H3,(H,38,39,42)/t21-,23+,33+/m1/s1. The Balaban J connectivity index is 0.979. The van der Waals surface area contributed by atoms with Gasteiger partial charge in [-0.05, 0) is 73.6 Å². The van der Waals surface area contributed by atoms with Crippen LogP contribution in [-0.4, -0.2) is 45.5 Å². The molecule has 3 fully saturated rings. The third-order valence-corrected chi connectivity index (χ3v) is 10.5. The number of benzene rings is 2. The fourth-order valence-electron chi connectivity index (χ4n) is 7.57. The van der Waals surface area contributed by atoms with E-state index in [1.165, 1.54) is 6.07 Å². The second kappa shape index (κ2) is 10.1. The molecule has 1 aliphatic carbocycles. The number of rotatable bonds is 6. The van der Waals surface area contributed by atoms with Gasteiger partial charge in [-0.15, -0.1) is 0 Å². The first-order valence-corrected chi connectivity index (χ1v) is 16.1. The predicted octanol–water partition coefficient (Wildman–Crippen LogP) is 6.38. The number of nitrogens with one attached hydrogen (secondary N) is 1. The molecule has 3 aromatic heterocycles. The van der Waals surface area contributed by atoms with Gasteiger partial charge in [-0.25, -0.2) is 9.18 Å². The fraction of sp³-hybridized carbons (Fsp3) is 0.382. The molecule has 2 aromatic carbocycles. The molecule has 10 nitrogen and oxygen atoms in total. The summed E-state index contributed by atoms with van der Waals surface area (Å²) < 4.78 is 41.1. The number of para-hydroxylation sites is 1. The number of hydrogen-bond donors (Lipinski definition) is 1. The number of ether oxygens (including phenoxy) is 3. The van der Waals surface area contributed by atoms with E-state index in [0.717, 1.165) is 68.0 Å². The van der Waals surface area contributed by atoms with Gasteiger partial charge in [-0.3, -0.25) is 14.5 Å². The summed E-state index contributed by atoms with van der Waals surface area (Å²) in [6, 6.07) is 14.9. The van der Waals surface area contributed by atoms with Crippen LogP contribution in [0.5, 0.6) is 11.5 Å². The zero-order chi connectivity index (χ0) is 31.2. The highest BCUT2D eigenvalue weighted by Gasteiger charge is 2.57. The van der Waals surface area contributed by atoms with Crippen LogP contribution in [0, 0.1) is 11.2 Å². The molecule has 12 heteroatoms. The van der Waals surface area contributed by atoms with Crippen molar-refractivity contribution in [3.63, 3.8) is 0 Å². The summed E-state index contributed by atoms with van der Waals surface area (Å²) in [6.45, 7) is 5.02. The maximum absolute atomic E-state index is 15.6. The number of pyridine rings is 1. The number of anilines is 1. The van der Waals surface area contributed by atoms with Gasteiger partial charge >= 0.3 is 5.76 Å². The van der Waals surface area contributed by atoms with E-state index in [4.69, 9.17) is 25.8 Å². The van der Waals surface area contributed by atoms with Gasteiger partial charge in [0.15, 0.2) is 17.3 Å². The van der Waals surface area contributed by atoms with Crippen LogP contribution in [0.15, 0.2) is 64.0 Å². The van der Waals surface area contributed by atoms with Gasteiger partial charge in [0.05, 0.1) is 22.3 Å². The number of aromatic amines is 1. The molecule has 0 amide bonds. The number of halogens is 2. The molecule has 4 aliphatic rings. The monoisotopic (exact) mass is 643 g/mol. The SMILES string of the molecule is C[C@]1(c2ccc(Cl)cn2)Oc2cccc(N3CCC4(CC3)C[C@H]4c3cc4c(F)cc(-c5noc(=O)[nH]5)cc4n3C[C@H]3CCO3)c2O1. The van der Waals surface area contributed by atoms with Crippen LogP contribution in [0.1, 0.15) is 49.9 Å². The minimum Gasteiger partial charge on any atom is -0.443 e. The van der Waals surface area contributed by atoms with Crippen LogP contribution in [0.25, 0.3) is 22.3 Å². The first kappa shape index (κ1) is 27.9. The Kier molecular flexibility index (Phi) is 6.11. The van der Waals surface area contributed by atoms with Crippen molar-refractivity contribution in [1.29, 1.82) is 0 Å². The summed E-state index contributed by atoms with van der Waals surface area (Å²) in [7, 11) is 0. The number of aromatic nitrogens is 4. The first-order chi connectivity index (χ1) is 22.3. The van der Waals surface area contributed by atoms with Crippen molar-refractivity contribution >= 4 is 28.2 Å². The largest absolute Gasteiger partial charge is 0.443 e. The van der Waals surface area contributed by atoms with Gasteiger partial charge in [0.25, 0.3) is 5.79 Å². The van der Waals surface area contributed by atoms with E-state index in [2.05, 4.69) is 35.2 Å². The van der Waals surface area contributed by atoms with Crippen LogP contribution in [0.3, 0.4) is 0 Å². The molecule has 0 radical (unpaired) electrons. The smallest absolute Gasteiger partial charge is 0.439 e. The summed E-state index contributed by atoms with van der Waals surface area (Å²) in [5.41, 5.74) is 4.21. The minimum absolute atomic E-state index is 0.0978. The Morgan fingerprint density at radius 1 is 1.13 bits per heavy atom. The third kappa shape index (κ3) is 4.43. The lowest BCUT2D eigenvalue weighted by molar-refractivity contribution is -0.0716. The van der Waals surface area contributed by atoms with Gasteiger partial charge in [0.1, 0.15) is 11.5 Å². The molecule has 1 N–H and O–H groups in total. The highest BCUT2D eigenvalue weighted by molar-refractivity contribution is 6.30. The van der Waals surface area contributed by atoms with E-state index in [1.54, 1.807) is 12.3 Å². The maximum atomic E-state index is 15.6. The van der Waals surface area contributed by atoms with Crippen molar-refractivity contribution in [2.45, 2.75) is 57.0 Å². The van der Waals surface area contributed by atoms with Crippen LogP contribution in [-0.2, 0) is 17.1 Å². The average Bonchev–Trinajstić information content (AvgIpc) is 3.32. The number of piperidine rings is 1. The maximum Gasteiger partial charge on any atom is 0.439 e. The molecule has 0 bridgehead atoms. The van der Waals surface area contributed by atoms with Crippen molar-refractivity contribution in [3.05, 3.63) is 87.5 Å². The van der Waals surface area contributed by atoms with Crippen molar-refractivity contribution < 1.29 is 23.1 Å². The molecule has 236 valence electrons. The molecular formula is C34H31ClFN5O5. The molecule has 46 heavy (non-hydrogen) atoms. The van der Waals surface area contributed by atoms with E-state index >= 15 is 4.39 Å². The molecule has 9 rings (SSSR count). The summed E-state index contributed by atoms with van der Waals surface area (Å²) in [4.78, 5) is 21.0. The number of hydrogen-bond acceptors (Lipinski definition) is 8. The number of fused-ring (bicyclic) bond motifs is 2. The van der Waals surface area contributed by atoms with Gasteiger partial charge in [-0.2, -0.15) is 0 Å². The highest BCUT2D eigenvalue weighted by Crippen LogP contribution is 2.66. The molecule has 3 aliphatic heterocycles. The minimum atomic E-state index is -1.04. The highest BCUT2D eigenvalue weighted by atomic mass is 35.5. The molecular weight excluding hydrogens is 613 g/mol. The molecule has 1 saturated carbocycles. The Labute approximate surface area is 268 Å². The lowest BCUT2D eigenvalue weighted by atomic mass is 9.89. The molecule has 2 saturated heterocycles. The number of nitrogens with zero attached hydrogens (tertiary/aromatic N) is 4. The van der Waals surface area contributed by atoms with E-state index in [-0.39, 0.29) is 23.2 Å². The number of H-pyrrole nitrogens is 1. The Hall–Kier alpha value is -4.35.